The van der Waals surface area contributed by atoms with Gasteiger partial charge in [0.2, 0.25) is 0 Å². The number of rotatable bonds is 3. The Bertz CT molecular complexity index is 622. The van der Waals surface area contributed by atoms with Crippen LogP contribution in [0.1, 0.15) is 23.4 Å². The second-order valence-corrected chi connectivity index (χ2v) is 4.71. The topological polar surface area (TPSA) is 27.1 Å². The average Bonchev–Trinajstić information content (AvgIpc) is 2.90. The minimum absolute atomic E-state index is 0.0642. The Hall–Kier alpha value is -1.91. The molecule has 0 saturated carbocycles. The first-order chi connectivity index (χ1) is 9.15. The summed E-state index contributed by atoms with van der Waals surface area (Å²) < 4.78 is 33.5. The van der Waals surface area contributed by atoms with Crippen LogP contribution in [0.15, 0.2) is 18.2 Å². The quantitative estimate of drug-likeness (QED) is 0.852. The molecule has 19 heavy (non-hydrogen) atoms. The van der Waals surface area contributed by atoms with E-state index in [9.17, 15) is 8.78 Å². The van der Waals surface area contributed by atoms with Gasteiger partial charge in [0.05, 0.1) is 11.4 Å². The lowest BCUT2D eigenvalue weighted by Gasteiger charge is -2.09. The number of hydrogen-bond acceptors (Lipinski definition) is 2. The van der Waals surface area contributed by atoms with Crippen LogP contribution in [0.4, 0.5) is 8.78 Å². The van der Waals surface area contributed by atoms with Crippen LogP contribution in [0.25, 0.3) is 0 Å². The fourth-order valence-electron chi connectivity index (χ4n) is 2.50. The lowest BCUT2D eigenvalue weighted by Crippen LogP contribution is -2.06. The number of ether oxygens (including phenoxy) is 1. The van der Waals surface area contributed by atoms with Crippen LogP contribution in [-0.4, -0.2) is 9.78 Å². The third-order valence-electron chi connectivity index (χ3n) is 3.46. The number of aryl methyl sites for hydroxylation is 2. The number of halogens is 2. The van der Waals surface area contributed by atoms with Crippen molar-refractivity contribution in [3.8, 4) is 5.75 Å². The molecule has 0 N–H and O–H groups in total. The highest BCUT2D eigenvalue weighted by Gasteiger charge is 2.21. The van der Waals surface area contributed by atoms with Crippen LogP contribution in [0.5, 0.6) is 5.75 Å². The van der Waals surface area contributed by atoms with Gasteiger partial charge in [-0.25, -0.2) is 8.78 Å². The summed E-state index contributed by atoms with van der Waals surface area (Å²) in [7, 11) is 1.86. The largest absolute Gasteiger partial charge is 0.484 e. The maximum absolute atomic E-state index is 13.5. The van der Waals surface area contributed by atoms with Crippen LogP contribution >= 0.6 is 0 Å². The van der Waals surface area contributed by atoms with Crippen molar-refractivity contribution in [1.82, 2.24) is 9.78 Å². The van der Waals surface area contributed by atoms with E-state index in [4.69, 9.17) is 4.74 Å². The SMILES string of the molecule is Cn1nc2c(c1COc1ccc(F)cc1F)CCC2. The highest BCUT2D eigenvalue weighted by atomic mass is 19.1. The van der Waals surface area contributed by atoms with Crippen molar-refractivity contribution >= 4 is 0 Å². The molecule has 100 valence electrons. The smallest absolute Gasteiger partial charge is 0.167 e. The van der Waals surface area contributed by atoms with E-state index in [0.29, 0.717) is 0 Å². The van der Waals surface area contributed by atoms with Crippen LogP contribution in [0, 0.1) is 11.6 Å². The molecule has 3 nitrogen and oxygen atoms in total. The van der Waals surface area contributed by atoms with Gasteiger partial charge in [-0.2, -0.15) is 5.10 Å². The van der Waals surface area contributed by atoms with Gasteiger partial charge in [-0.05, 0) is 31.4 Å². The Balaban J connectivity index is 1.79. The normalized spacial score (nSPS) is 13.6. The van der Waals surface area contributed by atoms with E-state index in [1.165, 1.54) is 17.7 Å². The predicted molar refractivity (Wildman–Crippen MR) is 65.9 cm³/mol. The van der Waals surface area contributed by atoms with Gasteiger partial charge in [-0.15, -0.1) is 0 Å². The Morgan fingerprint density at radius 1 is 1.32 bits per heavy atom. The Morgan fingerprint density at radius 3 is 2.95 bits per heavy atom. The predicted octanol–water partition coefficient (Wildman–Crippen LogP) is 2.77. The van der Waals surface area contributed by atoms with E-state index in [2.05, 4.69) is 5.10 Å². The fourth-order valence-corrected chi connectivity index (χ4v) is 2.50. The molecule has 1 aliphatic rings. The molecule has 0 bridgehead atoms. The molecular formula is C14H14F2N2O. The summed E-state index contributed by atoms with van der Waals surface area (Å²) in [6.45, 7) is 0.251. The molecule has 0 amide bonds. The van der Waals surface area contributed by atoms with Crippen LogP contribution in [-0.2, 0) is 26.5 Å². The van der Waals surface area contributed by atoms with E-state index in [1.807, 2.05) is 7.05 Å². The summed E-state index contributed by atoms with van der Waals surface area (Å²) in [5, 5.41) is 4.42. The van der Waals surface area contributed by atoms with E-state index in [-0.39, 0.29) is 12.4 Å². The second-order valence-electron chi connectivity index (χ2n) is 4.71. The molecule has 5 heteroatoms. The highest BCUT2D eigenvalue weighted by Crippen LogP contribution is 2.26. The number of aromatic nitrogens is 2. The first kappa shape index (κ1) is 12.1. The molecule has 0 spiro atoms. The molecule has 0 aliphatic heterocycles. The van der Waals surface area contributed by atoms with E-state index in [0.717, 1.165) is 36.7 Å². The molecule has 1 aromatic heterocycles. The molecule has 0 atom stereocenters. The second kappa shape index (κ2) is 4.64. The van der Waals surface area contributed by atoms with Gasteiger partial charge in [0, 0.05) is 18.7 Å². The van der Waals surface area contributed by atoms with Gasteiger partial charge >= 0.3 is 0 Å². The van der Waals surface area contributed by atoms with Crippen molar-refractivity contribution in [3.63, 3.8) is 0 Å². The minimum Gasteiger partial charge on any atom is -0.484 e. The third kappa shape index (κ3) is 2.20. The van der Waals surface area contributed by atoms with E-state index in [1.54, 1.807) is 4.68 Å². The van der Waals surface area contributed by atoms with Gasteiger partial charge < -0.3 is 4.74 Å². The third-order valence-corrected chi connectivity index (χ3v) is 3.46. The zero-order valence-electron chi connectivity index (χ0n) is 10.6. The number of nitrogens with zero attached hydrogens (tertiary/aromatic N) is 2. The molecule has 3 rings (SSSR count). The van der Waals surface area contributed by atoms with E-state index >= 15 is 0 Å². The molecule has 0 unspecified atom stereocenters. The molecule has 0 radical (unpaired) electrons. The summed E-state index contributed by atoms with van der Waals surface area (Å²) in [4.78, 5) is 0. The van der Waals surface area contributed by atoms with Crippen molar-refractivity contribution in [2.24, 2.45) is 7.05 Å². The highest BCUT2D eigenvalue weighted by molar-refractivity contribution is 5.31. The molecule has 1 aromatic carbocycles. The average molecular weight is 264 g/mol. The van der Waals surface area contributed by atoms with Crippen LogP contribution < -0.4 is 4.74 Å². The van der Waals surface area contributed by atoms with Gasteiger partial charge in [-0.1, -0.05) is 0 Å². The standard InChI is InChI=1S/C14H14F2N2O/c1-18-13(10-3-2-4-12(10)17-18)8-19-14-6-5-9(15)7-11(14)16/h5-7H,2-4,8H2,1H3. The molecule has 2 aromatic rings. The van der Waals surface area contributed by atoms with Crippen LogP contribution in [0.3, 0.4) is 0 Å². The number of fused-ring (bicyclic) bond motifs is 1. The Labute approximate surface area is 109 Å². The van der Waals surface area contributed by atoms with Gasteiger partial charge in [0.15, 0.2) is 11.6 Å². The van der Waals surface area contributed by atoms with Crippen molar-refractivity contribution in [3.05, 3.63) is 46.8 Å². The zero-order valence-corrected chi connectivity index (χ0v) is 10.6. The first-order valence-corrected chi connectivity index (χ1v) is 6.26. The summed E-state index contributed by atoms with van der Waals surface area (Å²) in [5.74, 6) is -1.22. The number of benzene rings is 1. The van der Waals surface area contributed by atoms with Gasteiger partial charge in [-0.3, -0.25) is 4.68 Å². The molecule has 0 fully saturated rings. The molecular weight excluding hydrogens is 250 g/mol. The summed E-state index contributed by atoms with van der Waals surface area (Å²) in [5.41, 5.74) is 3.29. The molecule has 1 heterocycles. The monoisotopic (exact) mass is 264 g/mol. The maximum Gasteiger partial charge on any atom is 0.167 e. The van der Waals surface area contributed by atoms with Gasteiger partial charge in [0.1, 0.15) is 12.4 Å². The van der Waals surface area contributed by atoms with Crippen molar-refractivity contribution in [2.75, 3.05) is 0 Å². The maximum atomic E-state index is 13.5. The summed E-state index contributed by atoms with van der Waals surface area (Å²) in [6.07, 6.45) is 3.10. The summed E-state index contributed by atoms with van der Waals surface area (Å²) in [6, 6.07) is 3.32. The zero-order chi connectivity index (χ0) is 13.4. The van der Waals surface area contributed by atoms with Gasteiger partial charge in [0.25, 0.3) is 0 Å². The van der Waals surface area contributed by atoms with E-state index < -0.39 is 11.6 Å². The lowest BCUT2D eigenvalue weighted by atomic mass is 10.2. The Kier molecular flexibility index (Phi) is 2.97. The summed E-state index contributed by atoms with van der Waals surface area (Å²) >= 11 is 0. The fraction of sp³-hybridized carbons (Fsp3) is 0.357. The van der Waals surface area contributed by atoms with Crippen molar-refractivity contribution in [2.45, 2.75) is 25.9 Å². The van der Waals surface area contributed by atoms with Crippen LogP contribution in [0.2, 0.25) is 0 Å². The van der Waals surface area contributed by atoms with Crippen molar-refractivity contribution < 1.29 is 13.5 Å². The first-order valence-electron chi connectivity index (χ1n) is 6.26. The molecule has 0 saturated heterocycles. The number of hydrogen-bond donors (Lipinski definition) is 0. The minimum atomic E-state index is -0.682. The Morgan fingerprint density at radius 2 is 2.16 bits per heavy atom. The molecule has 1 aliphatic carbocycles. The van der Waals surface area contributed by atoms with Crippen molar-refractivity contribution in [1.29, 1.82) is 0 Å². The lowest BCUT2D eigenvalue weighted by molar-refractivity contribution is 0.278.